The first-order valence-corrected chi connectivity index (χ1v) is 8.96. The van der Waals surface area contributed by atoms with Crippen molar-refractivity contribution >= 4 is 5.91 Å². The first-order valence-electron chi connectivity index (χ1n) is 8.96. The zero-order chi connectivity index (χ0) is 18.8. The predicted octanol–water partition coefficient (Wildman–Crippen LogP) is 3.61. The molecule has 2 aromatic rings. The van der Waals surface area contributed by atoms with E-state index in [0.29, 0.717) is 25.3 Å². The predicted molar refractivity (Wildman–Crippen MR) is 102 cm³/mol. The lowest BCUT2D eigenvalue weighted by molar-refractivity contribution is -0.128. The fourth-order valence-corrected chi connectivity index (χ4v) is 2.42. The highest BCUT2D eigenvalue weighted by molar-refractivity contribution is 5.81. The summed E-state index contributed by atoms with van der Waals surface area (Å²) in [5.74, 6) is 2.05. The molecule has 0 unspecified atom stereocenters. The molecular weight excluding hydrogens is 330 g/mol. The lowest BCUT2D eigenvalue weighted by Gasteiger charge is -2.17. The molecule has 0 aliphatic carbocycles. The van der Waals surface area contributed by atoms with Crippen LogP contribution in [0, 0.1) is 0 Å². The minimum Gasteiger partial charge on any atom is -0.497 e. The fraction of sp³-hybridized carbons (Fsp3) is 0.381. The first kappa shape index (κ1) is 19.6. The number of ether oxygens (including phenoxy) is 3. The van der Waals surface area contributed by atoms with Crippen molar-refractivity contribution in [2.45, 2.75) is 32.8 Å². The van der Waals surface area contributed by atoms with Crippen LogP contribution < -0.4 is 19.5 Å². The van der Waals surface area contributed by atoms with E-state index < -0.39 is 6.10 Å². The summed E-state index contributed by atoms with van der Waals surface area (Å²) in [6, 6.07) is 15.2. The minimum absolute atomic E-state index is 0.145. The molecule has 0 heterocycles. The summed E-state index contributed by atoms with van der Waals surface area (Å²) >= 11 is 0. The molecule has 140 valence electrons. The highest BCUT2D eigenvalue weighted by Crippen LogP contribution is 2.19. The largest absolute Gasteiger partial charge is 0.497 e. The number of benzene rings is 2. The van der Waals surface area contributed by atoms with Crippen LogP contribution in [-0.2, 0) is 11.2 Å². The van der Waals surface area contributed by atoms with Crippen molar-refractivity contribution in [3.05, 3.63) is 54.1 Å². The van der Waals surface area contributed by atoms with Gasteiger partial charge in [-0.05, 0) is 54.8 Å². The van der Waals surface area contributed by atoms with Gasteiger partial charge in [0.15, 0.2) is 6.10 Å². The van der Waals surface area contributed by atoms with E-state index in [4.69, 9.17) is 14.2 Å². The van der Waals surface area contributed by atoms with E-state index in [0.717, 1.165) is 17.9 Å². The molecule has 0 saturated heterocycles. The van der Waals surface area contributed by atoms with E-state index in [2.05, 4.69) is 12.2 Å². The number of carbonyl (C=O) groups excluding carboxylic acids is 1. The van der Waals surface area contributed by atoms with Crippen LogP contribution in [0.5, 0.6) is 17.2 Å². The monoisotopic (exact) mass is 357 g/mol. The molecule has 2 aromatic carbocycles. The second kappa shape index (κ2) is 10.3. The highest BCUT2D eigenvalue weighted by Gasteiger charge is 2.17. The van der Waals surface area contributed by atoms with Crippen molar-refractivity contribution in [3.63, 3.8) is 0 Å². The van der Waals surface area contributed by atoms with Gasteiger partial charge in [0, 0.05) is 0 Å². The standard InChI is InChI=1S/C21H27NO4/c1-4-16-6-8-18(9-7-16)25-15-14-22-21(23)20(5-2)26-19-12-10-17(24-3)11-13-19/h6-13,20H,4-5,14-15H2,1-3H3,(H,22,23)/t20-/m1/s1. The average Bonchev–Trinajstić information content (AvgIpc) is 2.70. The zero-order valence-corrected chi connectivity index (χ0v) is 15.7. The second-order valence-corrected chi connectivity index (χ2v) is 5.83. The molecule has 0 saturated carbocycles. The van der Waals surface area contributed by atoms with Crippen LogP contribution in [0.1, 0.15) is 25.8 Å². The Morgan fingerprint density at radius 2 is 1.58 bits per heavy atom. The van der Waals surface area contributed by atoms with E-state index in [1.54, 1.807) is 31.4 Å². The van der Waals surface area contributed by atoms with Gasteiger partial charge in [-0.25, -0.2) is 0 Å². The Morgan fingerprint density at radius 1 is 0.962 bits per heavy atom. The van der Waals surface area contributed by atoms with Crippen molar-refractivity contribution < 1.29 is 19.0 Å². The third kappa shape index (κ3) is 5.99. The van der Waals surface area contributed by atoms with Crippen LogP contribution in [0.15, 0.2) is 48.5 Å². The molecule has 1 atom stereocenters. The maximum atomic E-state index is 12.3. The van der Waals surface area contributed by atoms with Crippen molar-refractivity contribution in [2.75, 3.05) is 20.3 Å². The number of rotatable bonds is 10. The van der Waals surface area contributed by atoms with Crippen molar-refractivity contribution in [1.82, 2.24) is 5.32 Å². The van der Waals surface area contributed by atoms with Gasteiger partial charge < -0.3 is 19.5 Å². The number of aryl methyl sites for hydroxylation is 1. The number of carbonyl (C=O) groups is 1. The van der Waals surface area contributed by atoms with Gasteiger partial charge in [-0.2, -0.15) is 0 Å². The Hall–Kier alpha value is -2.69. The van der Waals surface area contributed by atoms with E-state index >= 15 is 0 Å². The van der Waals surface area contributed by atoms with E-state index in [-0.39, 0.29) is 5.91 Å². The number of nitrogens with one attached hydrogen (secondary N) is 1. The third-order valence-electron chi connectivity index (χ3n) is 4.00. The summed E-state index contributed by atoms with van der Waals surface area (Å²) < 4.78 is 16.5. The number of hydrogen-bond donors (Lipinski definition) is 1. The normalized spacial score (nSPS) is 11.5. The molecule has 5 heteroatoms. The van der Waals surface area contributed by atoms with Gasteiger partial charge in [0.05, 0.1) is 13.7 Å². The van der Waals surface area contributed by atoms with Gasteiger partial charge in [-0.3, -0.25) is 4.79 Å². The average molecular weight is 357 g/mol. The molecule has 0 aromatic heterocycles. The maximum absolute atomic E-state index is 12.3. The summed E-state index contributed by atoms with van der Waals surface area (Å²) in [6.07, 6.45) is 1.05. The molecule has 26 heavy (non-hydrogen) atoms. The Kier molecular flexibility index (Phi) is 7.80. The van der Waals surface area contributed by atoms with Crippen LogP contribution in [-0.4, -0.2) is 32.3 Å². The molecule has 1 amide bonds. The zero-order valence-electron chi connectivity index (χ0n) is 15.7. The van der Waals surface area contributed by atoms with E-state index in [9.17, 15) is 4.79 Å². The molecule has 0 radical (unpaired) electrons. The number of amides is 1. The van der Waals surface area contributed by atoms with Crippen LogP contribution in [0.25, 0.3) is 0 Å². The van der Waals surface area contributed by atoms with Crippen molar-refractivity contribution in [2.24, 2.45) is 0 Å². The Bertz CT molecular complexity index is 667. The topological polar surface area (TPSA) is 56.8 Å². The summed E-state index contributed by atoms with van der Waals surface area (Å²) in [4.78, 5) is 12.3. The molecule has 2 rings (SSSR count). The smallest absolute Gasteiger partial charge is 0.261 e. The minimum atomic E-state index is -0.535. The quantitative estimate of drug-likeness (QED) is 0.660. The molecule has 0 fully saturated rings. The van der Waals surface area contributed by atoms with Gasteiger partial charge in [-0.15, -0.1) is 0 Å². The Morgan fingerprint density at radius 3 is 2.15 bits per heavy atom. The summed E-state index contributed by atoms with van der Waals surface area (Å²) in [5, 5.41) is 2.86. The van der Waals surface area contributed by atoms with Gasteiger partial charge in [0.2, 0.25) is 0 Å². The van der Waals surface area contributed by atoms with Gasteiger partial charge >= 0.3 is 0 Å². The lowest BCUT2D eigenvalue weighted by atomic mass is 10.2. The fourth-order valence-electron chi connectivity index (χ4n) is 2.42. The van der Waals surface area contributed by atoms with E-state index in [1.807, 2.05) is 31.2 Å². The molecule has 1 N–H and O–H groups in total. The lowest BCUT2D eigenvalue weighted by Crippen LogP contribution is -2.39. The molecule has 0 aliphatic heterocycles. The first-order chi connectivity index (χ1) is 12.7. The number of hydrogen-bond acceptors (Lipinski definition) is 4. The van der Waals surface area contributed by atoms with Gasteiger partial charge in [0.1, 0.15) is 23.9 Å². The summed E-state index contributed by atoms with van der Waals surface area (Å²) in [6.45, 7) is 4.87. The Balaban J connectivity index is 1.75. The van der Waals surface area contributed by atoms with Crippen LogP contribution in [0.3, 0.4) is 0 Å². The highest BCUT2D eigenvalue weighted by atomic mass is 16.5. The van der Waals surface area contributed by atoms with Gasteiger partial charge in [-0.1, -0.05) is 26.0 Å². The third-order valence-corrected chi connectivity index (χ3v) is 4.00. The molecule has 0 spiro atoms. The number of methoxy groups -OCH3 is 1. The molecule has 0 aliphatic rings. The SMILES string of the molecule is CCc1ccc(OCCNC(=O)[C@@H](CC)Oc2ccc(OC)cc2)cc1. The summed E-state index contributed by atoms with van der Waals surface area (Å²) in [5.41, 5.74) is 1.27. The maximum Gasteiger partial charge on any atom is 0.261 e. The van der Waals surface area contributed by atoms with Crippen LogP contribution in [0.4, 0.5) is 0 Å². The van der Waals surface area contributed by atoms with E-state index in [1.165, 1.54) is 5.56 Å². The van der Waals surface area contributed by atoms with Crippen molar-refractivity contribution in [3.8, 4) is 17.2 Å². The van der Waals surface area contributed by atoms with Crippen LogP contribution >= 0.6 is 0 Å². The van der Waals surface area contributed by atoms with Crippen LogP contribution in [0.2, 0.25) is 0 Å². The summed E-state index contributed by atoms with van der Waals surface area (Å²) in [7, 11) is 1.61. The van der Waals surface area contributed by atoms with Gasteiger partial charge in [0.25, 0.3) is 5.91 Å². The molecular formula is C21H27NO4. The Labute approximate surface area is 155 Å². The van der Waals surface area contributed by atoms with Crippen molar-refractivity contribution in [1.29, 1.82) is 0 Å². The second-order valence-electron chi connectivity index (χ2n) is 5.83. The molecule has 0 bridgehead atoms. The molecule has 5 nitrogen and oxygen atoms in total.